The molecule has 1 aliphatic rings. The van der Waals surface area contributed by atoms with E-state index in [0.29, 0.717) is 30.1 Å². The maximum absolute atomic E-state index is 12.2. The molecule has 0 atom stereocenters. The summed E-state index contributed by atoms with van der Waals surface area (Å²) in [4.78, 5) is 39.7. The Balaban J connectivity index is 1.41. The predicted octanol–water partition coefficient (Wildman–Crippen LogP) is 1.92. The molecule has 1 aromatic heterocycles. The van der Waals surface area contributed by atoms with Crippen molar-refractivity contribution in [3.05, 3.63) is 54.0 Å². The second kappa shape index (κ2) is 8.75. The van der Waals surface area contributed by atoms with Crippen LogP contribution >= 0.6 is 0 Å². The Labute approximate surface area is 157 Å². The minimum absolute atomic E-state index is 0.00345. The van der Waals surface area contributed by atoms with Gasteiger partial charge in [-0.1, -0.05) is 0 Å². The van der Waals surface area contributed by atoms with Crippen molar-refractivity contribution in [3.8, 4) is 0 Å². The largest absolute Gasteiger partial charge is 0.461 e. The molecular formula is C20H23N3O4. The summed E-state index contributed by atoms with van der Waals surface area (Å²) in [5.74, 6) is 0.259. The van der Waals surface area contributed by atoms with Crippen molar-refractivity contribution in [1.29, 1.82) is 0 Å². The Morgan fingerprint density at radius 1 is 0.963 bits per heavy atom. The van der Waals surface area contributed by atoms with E-state index in [2.05, 4.69) is 15.1 Å². The van der Waals surface area contributed by atoms with Crippen LogP contribution in [0.2, 0.25) is 0 Å². The SMILES string of the molecule is CC(=O)c1ccc(NC(=O)CN2CCN(CC(=O)c3ccco3)CC2)cc1. The van der Waals surface area contributed by atoms with Crippen molar-refractivity contribution >= 4 is 23.2 Å². The van der Waals surface area contributed by atoms with E-state index in [9.17, 15) is 14.4 Å². The van der Waals surface area contributed by atoms with Crippen LogP contribution in [0.1, 0.15) is 27.8 Å². The van der Waals surface area contributed by atoms with Crippen molar-refractivity contribution < 1.29 is 18.8 Å². The molecule has 1 amide bonds. The normalized spacial score (nSPS) is 15.4. The molecule has 27 heavy (non-hydrogen) atoms. The number of carbonyl (C=O) groups is 3. The molecule has 0 aliphatic carbocycles. The highest BCUT2D eigenvalue weighted by Gasteiger charge is 2.21. The summed E-state index contributed by atoms with van der Waals surface area (Å²) in [5.41, 5.74) is 1.29. The number of nitrogens with zero attached hydrogens (tertiary/aromatic N) is 2. The molecule has 7 heteroatoms. The summed E-state index contributed by atoms with van der Waals surface area (Å²) in [7, 11) is 0. The lowest BCUT2D eigenvalue weighted by Crippen LogP contribution is -2.49. The molecule has 7 nitrogen and oxygen atoms in total. The van der Waals surface area contributed by atoms with Gasteiger partial charge in [-0.05, 0) is 43.3 Å². The minimum atomic E-state index is -0.0920. The number of furan rings is 1. The van der Waals surface area contributed by atoms with Gasteiger partial charge in [0.2, 0.25) is 11.7 Å². The molecule has 0 radical (unpaired) electrons. The monoisotopic (exact) mass is 369 g/mol. The van der Waals surface area contributed by atoms with Crippen LogP contribution in [0, 0.1) is 0 Å². The number of benzene rings is 1. The van der Waals surface area contributed by atoms with Gasteiger partial charge in [0.1, 0.15) is 0 Å². The van der Waals surface area contributed by atoms with Crippen LogP contribution in [0.3, 0.4) is 0 Å². The molecule has 2 heterocycles. The number of hydrogen-bond acceptors (Lipinski definition) is 6. The lowest BCUT2D eigenvalue weighted by atomic mass is 10.1. The van der Waals surface area contributed by atoms with Crippen LogP contribution in [-0.2, 0) is 4.79 Å². The van der Waals surface area contributed by atoms with Crippen LogP contribution in [0.4, 0.5) is 5.69 Å². The van der Waals surface area contributed by atoms with Crippen LogP contribution < -0.4 is 5.32 Å². The summed E-state index contributed by atoms with van der Waals surface area (Å²) in [6.45, 7) is 5.05. The van der Waals surface area contributed by atoms with Crippen molar-refractivity contribution in [2.45, 2.75) is 6.92 Å². The number of carbonyl (C=O) groups excluding carboxylic acids is 3. The molecule has 0 saturated carbocycles. The highest BCUT2D eigenvalue weighted by atomic mass is 16.3. The fourth-order valence-electron chi connectivity index (χ4n) is 3.02. The van der Waals surface area contributed by atoms with E-state index < -0.39 is 0 Å². The number of Topliss-reactive ketones (excluding diaryl/α,β-unsaturated/α-hetero) is 2. The van der Waals surface area contributed by atoms with E-state index >= 15 is 0 Å². The Kier molecular flexibility index (Phi) is 6.16. The van der Waals surface area contributed by atoms with Gasteiger partial charge in [-0.2, -0.15) is 0 Å². The average molecular weight is 369 g/mol. The first kappa shape index (κ1) is 19.0. The molecule has 142 valence electrons. The number of amides is 1. The summed E-state index contributed by atoms with van der Waals surface area (Å²) >= 11 is 0. The molecule has 0 bridgehead atoms. The van der Waals surface area contributed by atoms with Crippen LogP contribution in [0.15, 0.2) is 47.1 Å². The van der Waals surface area contributed by atoms with E-state index in [4.69, 9.17) is 4.42 Å². The zero-order valence-electron chi connectivity index (χ0n) is 15.3. The van der Waals surface area contributed by atoms with Crippen molar-refractivity contribution in [2.75, 3.05) is 44.6 Å². The Bertz CT molecular complexity index is 791. The molecule has 1 aliphatic heterocycles. The summed E-state index contributed by atoms with van der Waals surface area (Å²) in [5, 5.41) is 2.85. The van der Waals surface area contributed by atoms with Gasteiger partial charge in [-0.15, -0.1) is 0 Å². The van der Waals surface area contributed by atoms with Gasteiger partial charge >= 0.3 is 0 Å². The van der Waals surface area contributed by atoms with Crippen molar-refractivity contribution in [3.63, 3.8) is 0 Å². The number of nitrogens with one attached hydrogen (secondary N) is 1. The number of anilines is 1. The quantitative estimate of drug-likeness (QED) is 0.751. The van der Waals surface area contributed by atoms with Crippen LogP contribution in [-0.4, -0.2) is 66.5 Å². The van der Waals surface area contributed by atoms with Gasteiger partial charge in [0.15, 0.2) is 11.5 Å². The van der Waals surface area contributed by atoms with Crippen LogP contribution in [0.5, 0.6) is 0 Å². The maximum atomic E-state index is 12.2. The molecule has 1 aromatic carbocycles. The fraction of sp³-hybridized carbons (Fsp3) is 0.350. The third-order valence-corrected chi connectivity index (χ3v) is 4.57. The number of piperazine rings is 1. The maximum Gasteiger partial charge on any atom is 0.238 e. The van der Waals surface area contributed by atoms with E-state index in [0.717, 1.165) is 26.2 Å². The third kappa shape index (κ3) is 5.35. The van der Waals surface area contributed by atoms with E-state index in [1.54, 1.807) is 36.4 Å². The first-order valence-corrected chi connectivity index (χ1v) is 8.93. The van der Waals surface area contributed by atoms with Gasteiger partial charge in [0, 0.05) is 37.4 Å². The number of rotatable bonds is 7. The van der Waals surface area contributed by atoms with Gasteiger partial charge in [-0.25, -0.2) is 0 Å². The number of ketones is 2. The fourth-order valence-corrected chi connectivity index (χ4v) is 3.02. The highest BCUT2D eigenvalue weighted by Crippen LogP contribution is 2.11. The van der Waals surface area contributed by atoms with Gasteiger partial charge in [-0.3, -0.25) is 24.2 Å². The number of hydrogen-bond donors (Lipinski definition) is 1. The first-order valence-electron chi connectivity index (χ1n) is 8.93. The van der Waals surface area contributed by atoms with E-state index in [-0.39, 0.29) is 17.5 Å². The second-order valence-corrected chi connectivity index (χ2v) is 6.63. The summed E-state index contributed by atoms with van der Waals surface area (Å²) in [6, 6.07) is 10.2. The molecule has 2 aromatic rings. The highest BCUT2D eigenvalue weighted by molar-refractivity contribution is 5.96. The molecule has 1 fully saturated rings. The third-order valence-electron chi connectivity index (χ3n) is 4.57. The molecular weight excluding hydrogens is 346 g/mol. The zero-order valence-corrected chi connectivity index (χ0v) is 15.3. The van der Waals surface area contributed by atoms with Gasteiger partial charge in [0.25, 0.3) is 0 Å². The lowest BCUT2D eigenvalue weighted by molar-refractivity contribution is -0.117. The minimum Gasteiger partial charge on any atom is -0.461 e. The molecule has 0 spiro atoms. The Hall–Kier alpha value is -2.77. The van der Waals surface area contributed by atoms with Gasteiger partial charge in [0.05, 0.1) is 19.4 Å². The summed E-state index contributed by atoms with van der Waals surface area (Å²) in [6.07, 6.45) is 1.50. The topological polar surface area (TPSA) is 82.9 Å². The second-order valence-electron chi connectivity index (χ2n) is 6.63. The lowest BCUT2D eigenvalue weighted by Gasteiger charge is -2.33. The smallest absolute Gasteiger partial charge is 0.238 e. The van der Waals surface area contributed by atoms with E-state index in [1.165, 1.54) is 13.2 Å². The van der Waals surface area contributed by atoms with E-state index in [1.807, 2.05) is 0 Å². The van der Waals surface area contributed by atoms with Crippen LogP contribution in [0.25, 0.3) is 0 Å². The molecule has 0 unspecified atom stereocenters. The average Bonchev–Trinajstić information content (AvgIpc) is 3.18. The molecule has 3 rings (SSSR count). The Morgan fingerprint density at radius 3 is 2.15 bits per heavy atom. The van der Waals surface area contributed by atoms with Crippen molar-refractivity contribution in [2.24, 2.45) is 0 Å². The summed E-state index contributed by atoms with van der Waals surface area (Å²) < 4.78 is 5.13. The molecule has 1 saturated heterocycles. The Morgan fingerprint density at radius 2 is 1.59 bits per heavy atom. The molecule has 1 N–H and O–H groups in total. The van der Waals surface area contributed by atoms with Gasteiger partial charge < -0.3 is 9.73 Å². The van der Waals surface area contributed by atoms with Crippen molar-refractivity contribution in [1.82, 2.24) is 9.80 Å². The zero-order chi connectivity index (χ0) is 19.2. The first-order chi connectivity index (χ1) is 13.0. The predicted molar refractivity (Wildman–Crippen MR) is 101 cm³/mol. The standard InChI is InChI=1S/C20H23N3O4/c1-15(24)16-4-6-17(7-5-16)21-20(26)14-23-10-8-22(9-11-23)13-18(25)19-3-2-12-27-19/h2-7,12H,8-11,13-14H2,1H3,(H,21,26).